The topological polar surface area (TPSA) is 70.4 Å². The van der Waals surface area contributed by atoms with Crippen LogP contribution in [-0.4, -0.2) is 36.0 Å². The minimum atomic E-state index is -0.817. The maximum Gasteiger partial charge on any atom is 0.348 e. The molecule has 0 radical (unpaired) electrons. The summed E-state index contributed by atoms with van der Waals surface area (Å²) in [5, 5.41) is 9.90. The molecule has 1 fully saturated rings. The fourth-order valence-electron chi connectivity index (χ4n) is 3.32. The molecule has 1 heterocycles. The van der Waals surface area contributed by atoms with Crippen molar-refractivity contribution in [2.75, 3.05) is 13.7 Å². The van der Waals surface area contributed by atoms with E-state index in [0.29, 0.717) is 22.9 Å². The first kappa shape index (κ1) is 18.3. The van der Waals surface area contributed by atoms with Crippen LogP contribution < -0.4 is 0 Å². The summed E-state index contributed by atoms with van der Waals surface area (Å²) < 4.78 is 19.5. The molecule has 0 aliphatic heterocycles. The number of rotatable bonds is 4. The first-order chi connectivity index (χ1) is 12.5. The standard InChI is InChI=1S/C19H19FN2O3S/c1-22(19(12-21)8-3-2-4-9-19)17(23)11-25-18(24)16-10-13-14(20)6-5-7-15(13)26-16/h5-7,10H,2-4,8-9,11H2,1H3. The van der Waals surface area contributed by atoms with E-state index in [2.05, 4.69) is 6.07 Å². The molecule has 0 atom stereocenters. The number of halogens is 1. The maximum absolute atomic E-state index is 13.7. The van der Waals surface area contributed by atoms with E-state index in [1.165, 1.54) is 17.0 Å². The zero-order chi connectivity index (χ0) is 18.7. The Kier molecular flexibility index (Phi) is 5.23. The van der Waals surface area contributed by atoms with Crippen molar-refractivity contribution in [1.29, 1.82) is 5.26 Å². The second-order valence-electron chi connectivity index (χ2n) is 6.50. The van der Waals surface area contributed by atoms with Crippen molar-refractivity contribution < 1.29 is 18.7 Å². The van der Waals surface area contributed by atoms with Crippen molar-refractivity contribution >= 4 is 33.3 Å². The van der Waals surface area contributed by atoms with Gasteiger partial charge in [0.1, 0.15) is 16.2 Å². The van der Waals surface area contributed by atoms with E-state index in [1.807, 2.05) is 0 Å². The number of nitriles is 1. The number of likely N-dealkylation sites (N-methyl/N-ethyl adjacent to an activating group) is 1. The Morgan fingerprint density at radius 3 is 2.73 bits per heavy atom. The first-order valence-electron chi connectivity index (χ1n) is 8.50. The zero-order valence-electron chi connectivity index (χ0n) is 14.5. The minimum absolute atomic E-state index is 0.244. The number of benzene rings is 1. The number of hydrogen-bond donors (Lipinski definition) is 0. The molecule has 1 amide bonds. The normalized spacial score (nSPS) is 16.0. The van der Waals surface area contributed by atoms with Crippen LogP contribution in [-0.2, 0) is 9.53 Å². The van der Waals surface area contributed by atoms with Gasteiger partial charge in [0.15, 0.2) is 6.61 Å². The van der Waals surface area contributed by atoms with Gasteiger partial charge in [-0.05, 0) is 31.0 Å². The molecule has 1 saturated carbocycles. The summed E-state index contributed by atoms with van der Waals surface area (Å²) in [6, 6.07) is 8.33. The van der Waals surface area contributed by atoms with Crippen LogP contribution in [0.15, 0.2) is 24.3 Å². The highest BCUT2D eigenvalue weighted by Crippen LogP contribution is 2.32. The molecule has 5 nitrogen and oxygen atoms in total. The summed E-state index contributed by atoms with van der Waals surface area (Å²) in [6.45, 7) is -0.435. The van der Waals surface area contributed by atoms with Crippen LogP contribution in [0.3, 0.4) is 0 Å². The predicted octanol–water partition coefficient (Wildman–Crippen LogP) is 3.88. The Hall–Kier alpha value is -2.46. The van der Waals surface area contributed by atoms with Crippen LogP contribution in [0.4, 0.5) is 4.39 Å². The molecular formula is C19H19FN2O3S. The Labute approximate surface area is 155 Å². The molecule has 0 bridgehead atoms. The van der Waals surface area contributed by atoms with Crippen LogP contribution in [0.25, 0.3) is 10.1 Å². The van der Waals surface area contributed by atoms with Gasteiger partial charge in [0.05, 0.1) is 6.07 Å². The van der Waals surface area contributed by atoms with Gasteiger partial charge in [-0.2, -0.15) is 5.26 Å². The van der Waals surface area contributed by atoms with E-state index in [1.54, 1.807) is 19.2 Å². The molecule has 1 aliphatic carbocycles. The maximum atomic E-state index is 13.7. The van der Waals surface area contributed by atoms with E-state index in [4.69, 9.17) is 4.74 Å². The van der Waals surface area contributed by atoms with Crippen molar-refractivity contribution in [2.24, 2.45) is 0 Å². The number of carbonyl (C=O) groups is 2. The van der Waals surface area contributed by atoms with Gasteiger partial charge >= 0.3 is 5.97 Å². The highest BCUT2D eigenvalue weighted by Gasteiger charge is 2.39. The monoisotopic (exact) mass is 374 g/mol. The predicted molar refractivity (Wildman–Crippen MR) is 96.3 cm³/mol. The fraction of sp³-hybridized carbons (Fsp3) is 0.421. The van der Waals surface area contributed by atoms with E-state index in [9.17, 15) is 19.2 Å². The second-order valence-corrected chi connectivity index (χ2v) is 7.58. The number of hydrogen-bond acceptors (Lipinski definition) is 5. The van der Waals surface area contributed by atoms with Crippen molar-refractivity contribution in [3.05, 3.63) is 35.0 Å². The number of carbonyl (C=O) groups excluding carboxylic acids is 2. The smallest absolute Gasteiger partial charge is 0.348 e. The van der Waals surface area contributed by atoms with Gasteiger partial charge in [-0.1, -0.05) is 25.3 Å². The molecule has 1 aromatic heterocycles. The highest BCUT2D eigenvalue weighted by atomic mass is 32.1. The quantitative estimate of drug-likeness (QED) is 0.762. The third kappa shape index (κ3) is 3.42. The van der Waals surface area contributed by atoms with Crippen LogP contribution in [0.5, 0.6) is 0 Å². The molecule has 1 aliphatic rings. The molecule has 26 heavy (non-hydrogen) atoms. The summed E-state index contributed by atoms with van der Waals surface area (Å²) in [5.41, 5.74) is -0.817. The number of ether oxygens (including phenoxy) is 1. The second kappa shape index (κ2) is 7.42. The summed E-state index contributed by atoms with van der Waals surface area (Å²) in [4.78, 5) is 26.3. The van der Waals surface area contributed by atoms with E-state index < -0.39 is 29.8 Å². The van der Waals surface area contributed by atoms with Crippen molar-refractivity contribution in [3.8, 4) is 6.07 Å². The van der Waals surface area contributed by atoms with Crippen molar-refractivity contribution in [1.82, 2.24) is 4.90 Å². The lowest BCUT2D eigenvalue weighted by atomic mass is 9.81. The van der Waals surface area contributed by atoms with Gasteiger partial charge in [0, 0.05) is 17.1 Å². The van der Waals surface area contributed by atoms with Crippen LogP contribution in [0.2, 0.25) is 0 Å². The first-order valence-corrected chi connectivity index (χ1v) is 9.31. The highest BCUT2D eigenvalue weighted by molar-refractivity contribution is 7.20. The summed E-state index contributed by atoms with van der Waals surface area (Å²) in [7, 11) is 1.58. The molecule has 0 saturated heterocycles. The lowest BCUT2D eigenvalue weighted by Crippen LogP contribution is -2.51. The summed E-state index contributed by atoms with van der Waals surface area (Å²) in [5.74, 6) is -1.47. The largest absolute Gasteiger partial charge is 0.451 e. The minimum Gasteiger partial charge on any atom is -0.451 e. The molecule has 2 aromatic rings. The van der Waals surface area contributed by atoms with Crippen LogP contribution in [0.1, 0.15) is 41.8 Å². The lowest BCUT2D eigenvalue weighted by molar-refractivity contribution is -0.138. The van der Waals surface area contributed by atoms with Gasteiger partial charge in [-0.25, -0.2) is 9.18 Å². The molecule has 0 unspecified atom stereocenters. The summed E-state index contributed by atoms with van der Waals surface area (Å²) in [6.07, 6.45) is 4.13. The Bertz CT molecular complexity index is 881. The number of nitrogens with zero attached hydrogens (tertiary/aromatic N) is 2. The number of esters is 1. The third-order valence-corrected chi connectivity index (χ3v) is 6.02. The Morgan fingerprint density at radius 1 is 1.35 bits per heavy atom. The molecular weight excluding hydrogens is 355 g/mol. The van der Waals surface area contributed by atoms with Crippen molar-refractivity contribution in [3.63, 3.8) is 0 Å². The SMILES string of the molecule is CN(C(=O)COC(=O)c1cc2c(F)cccc2s1)C1(C#N)CCCCC1. The molecule has 0 spiro atoms. The Morgan fingerprint density at radius 2 is 2.08 bits per heavy atom. The average Bonchev–Trinajstić information content (AvgIpc) is 3.11. The van der Waals surface area contributed by atoms with Crippen molar-refractivity contribution in [2.45, 2.75) is 37.6 Å². The van der Waals surface area contributed by atoms with E-state index in [0.717, 1.165) is 30.6 Å². The van der Waals surface area contributed by atoms with E-state index in [-0.39, 0.29) is 4.88 Å². The molecule has 0 N–H and O–H groups in total. The third-order valence-electron chi connectivity index (χ3n) is 4.94. The zero-order valence-corrected chi connectivity index (χ0v) is 15.3. The average molecular weight is 374 g/mol. The number of fused-ring (bicyclic) bond motifs is 1. The fourth-order valence-corrected chi connectivity index (χ4v) is 4.29. The molecule has 1 aromatic carbocycles. The van der Waals surface area contributed by atoms with Gasteiger partial charge in [-0.3, -0.25) is 4.79 Å². The lowest BCUT2D eigenvalue weighted by Gasteiger charge is -2.38. The van der Waals surface area contributed by atoms with Gasteiger partial charge in [0.2, 0.25) is 0 Å². The van der Waals surface area contributed by atoms with Crippen LogP contribution >= 0.6 is 11.3 Å². The van der Waals surface area contributed by atoms with E-state index >= 15 is 0 Å². The summed E-state index contributed by atoms with van der Waals surface area (Å²) >= 11 is 1.12. The number of thiophene rings is 1. The number of amides is 1. The van der Waals surface area contributed by atoms with Gasteiger partial charge in [0.25, 0.3) is 5.91 Å². The molecule has 3 rings (SSSR count). The van der Waals surface area contributed by atoms with Gasteiger partial charge < -0.3 is 9.64 Å². The Balaban J connectivity index is 1.65. The molecule has 7 heteroatoms. The van der Waals surface area contributed by atoms with Gasteiger partial charge in [-0.15, -0.1) is 11.3 Å². The van der Waals surface area contributed by atoms with Crippen LogP contribution in [0, 0.1) is 17.1 Å². The molecule has 136 valence electrons.